The lowest BCUT2D eigenvalue weighted by Crippen LogP contribution is -2.35. The number of rotatable bonds is 3. The summed E-state index contributed by atoms with van der Waals surface area (Å²) in [7, 11) is 0. The van der Waals surface area contributed by atoms with Crippen molar-refractivity contribution in [3.05, 3.63) is 68.3 Å². The third-order valence-corrected chi connectivity index (χ3v) is 7.08. The Kier molecular flexibility index (Phi) is 5.71. The van der Waals surface area contributed by atoms with E-state index in [2.05, 4.69) is 20.6 Å². The minimum absolute atomic E-state index is 0.241. The van der Waals surface area contributed by atoms with Crippen molar-refractivity contribution in [3.8, 4) is 0 Å². The molecule has 5 rings (SSSR count). The number of para-hydroxylation sites is 1. The van der Waals surface area contributed by atoms with E-state index in [1.54, 1.807) is 23.1 Å². The number of halogens is 3. The molecule has 0 saturated carbocycles. The van der Waals surface area contributed by atoms with Crippen molar-refractivity contribution in [3.63, 3.8) is 0 Å². The van der Waals surface area contributed by atoms with Crippen LogP contribution in [0.1, 0.15) is 21.5 Å². The number of hydrogen-bond donors (Lipinski definition) is 2. The Balaban J connectivity index is 1.42. The summed E-state index contributed by atoms with van der Waals surface area (Å²) in [6.45, 7) is 1.75. The molecule has 2 aliphatic rings. The fraction of sp³-hybridized carbons (Fsp3) is 0.190. The number of hydrogen-bond acceptors (Lipinski definition) is 6. The summed E-state index contributed by atoms with van der Waals surface area (Å²) < 4.78 is 0. The van der Waals surface area contributed by atoms with Crippen LogP contribution < -0.4 is 15.5 Å². The first kappa shape index (κ1) is 20.8. The molecule has 2 N–H and O–H groups in total. The second kappa shape index (κ2) is 8.48. The second-order valence-corrected chi connectivity index (χ2v) is 9.30. The van der Waals surface area contributed by atoms with Gasteiger partial charge in [-0.1, -0.05) is 52.6 Å². The zero-order valence-electron chi connectivity index (χ0n) is 16.1. The molecule has 2 aromatic carbocycles. The van der Waals surface area contributed by atoms with Crippen LogP contribution in [0.3, 0.4) is 0 Å². The molecule has 158 valence electrons. The Morgan fingerprint density at radius 1 is 1.10 bits per heavy atom. The van der Waals surface area contributed by atoms with Gasteiger partial charge in [0, 0.05) is 12.7 Å². The Morgan fingerprint density at radius 2 is 1.90 bits per heavy atom. The first-order valence-electron chi connectivity index (χ1n) is 9.56. The van der Waals surface area contributed by atoms with Gasteiger partial charge in [-0.25, -0.2) is 9.97 Å². The molecule has 10 heteroatoms. The summed E-state index contributed by atoms with van der Waals surface area (Å²) in [5.74, 6) is 0.492. The van der Waals surface area contributed by atoms with Gasteiger partial charge in [0.2, 0.25) is 5.95 Å². The van der Waals surface area contributed by atoms with Gasteiger partial charge in [-0.3, -0.25) is 9.69 Å². The smallest absolute Gasteiger partial charge is 0.263 e. The predicted molar refractivity (Wildman–Crippen MR) is 126 cm³/mol. The SMILES string of the molecule is O=C1c2cnc(Nc3cc4c(cc3Cl)CNCC4)nc2SCN1c1c(Cl)cccc1Cl. The van der Waals surface area contributed by atoms with Crippen molar-refractivity contribution >= 4 is 69.8 Å². The number of thioether (sulfide) groups is 1. The summed E-state index contributed by atoms with van der Waals surface area (Å²) in [6.07, 6.45) is 2.46. The molecule has 0 atom stereocenters. The molecule has 0 saturated heterocycles. The molecule has 0 unspecified atom stereocenters. The number of carbonyl (C=O) groups is 1. The molecule has 3 aromatic rings. The largest absolute Gasteiger partial charge is 0.323 e. The molecule has 0 aliphatic carbocycles. The van der Waals surface area contributed by atoms with Crippen molar-refractivity contribution in [2.24, 2.45) is 0 Å². The van der Waals surface area contributed by atoms with Gasteiger partial charge in [-0.05, 0) is 48.4 Å². The molecular formula is C21H16Cl3N5OS. The van der Waals surface area contributed by atoms with E-state index in [-0.39, 0.29) is 5.91 Å². The maximum absolute atomic E-state index is 13.1. The van der Waals surface area contributed by atoms with Crippen LogP contribution in [0.15, 0.2) is 41.6 Å². The van der Waals surface area contributed by atoms with E-state index >= 15 is 0 Å². The Morgan fingerprint density at radius 3 is 2.71 bits per heavy atom. The Hall–Kier alpha value is -2.03. The van der Waals surface area contributed by atoms with E-state index in [1.165, 1.54) is 29.1 Å². The Bertz CT molecular complexity index is 1190. The van der Waals surface area contributed by atoms with Gasteiger partial charge < -0.3 is 10.6 Å². The number of carbonyl (C=O) groups excluding carboxylic acids is 1. The van der Waals surface area contributed by atoms with Crippen molar-refractivity contribution in [2.45, 2.75) is 18.0 Å². The number of anilines is 3. The van der Waals surface area contributed by atoms with Crippen LogP contribution in [0, 0.1) is 0 Å². The molecule has 6 nitrogen and oxygen atoms in total. The minimum atomic E-state index is -0.241. The lowest BCUT2D eigenvalue weighted by atomic mass is 10.0. The predicted octanol–water partition coefficient (Wildman–Crippen LogP) is 5.54. The first-order chi connectivity index (χ1) is 15.0. The summed E-state index contributed by atoms with van der Waals surface area (Å²) in [6, 6.07) is 9.16. The normalized spacial score (nSPS) is 15.5. The highest BCUT2D eigenvalue weighted by molar-refractivity contribution is 7.99. The van der Waals surface area contributed by atoms with Crippen LogP contribution in [-0.2, 0) is 13.0 Å². The number of nitrogens with zero attached hydrogens (tertiary/aromatic N) is 3. The van der Waals surface area contributed by atoms with Gasteiger partial charge in [0.1, 0.15) is 5.03 Å². The van der Waals surface area contributed by atoms with Crippen molar-refractivity contribution < 1.29 is 4.79 Å². The van der Waals surface area contributed by atoms with E-state index in [4.69, 9.17) is 34.8 Å². The van der Waals surface area contributed by atoms with Crippen LogP contribution in [0.4, 0.5) is 17.3 Å². The maximum Gasteiger partial charge on any atom is 0.263 e. The van der Waals surface area contributed by atoms with Gasteiger partial charge in [-0.2, -0.15) is 0 Å². The molecule has 2 aliphatic heterocycles. The fourth-order valence-corrected chi connectivity index (χ4v) is 5.42. The van der Waals surface area contributed by atoms with Crippen LogP contribution in [-0.4, -0.2) is 28.3 Å². The van der Waals surface area contributed by atoms with Crippen molar-refractivity contribution in [1.29, 1.82) is 0 Å². The number of amides is 1. The van der Waals surface area contributed by atoms with Crippen LogP contribution in [0.5, 0.6) is 0 Å². The van der Waals surface area contributed by atoms with E-state index in [0.717, 1.165) is 25.2 Å². The molecule has 0 fully saturated rings. The highest BCUT2D eigenvalue weighted by Gasteiger charge is 2.30. The lowest BCUT2D eigenvalue weighted by Gasteiger charge is -2.28. The molecule has 1 aromatic heterocycles. The molecule has 0 bridgehead atoms. The van der Waals surface area contributed by atoms with Crippen molar-refractivity contribution in [2.75, 3.05) is 22.6 Å². The zero-order chi connectivity index (χ0) is 21.5. The van der Waals surface area contributed by atoms with Crippen LogP contribution >= 0.6 is 46.6 Å². The summed E-state index contributed by atoms with van der Waals surface area (Å²) in [4.78, 5) is 23.5. The van der Waals surface area contributed by atoms with Crippen molar-refractivity contribution in [1.82, 2.24) is 15.3 Å². The number of nitrogens with one attached hydrogen (secondary N) is 2. The van der Waals surface area contributed by atoms with E-state index < -0.39 is 0 Å². The summed E-state index contributed by atoms with van der Waals surface area (Å²) in [5, 5.41) is 8.57. The molecule has 3 heterocycles. The fourth-order valence-electron chi connectivity index (χ4n) is 3.64. The lowest BCUT2D eigenvalue weighted by molar-refractivity contribution is 0.0985. The standard InChI is InChI=1S/C21H16Cl3N5OS/c22-14-2-1-3-15(23)18(14)29-10-31-19-13(20(29)30)9-26-21(28-19)27-17-7-11-4-5-25-8-12(11)6-16(17)24/h1-3,6-7,9,25H,4-5,8,10H2,(H,26,27,28). The number of fused-ring (bicyclic) bond motifs is 2. The van der Waals surface area contributed by atoms with Crippen LogP contribution in [0.2, 0.25) is 15.1 Å². The number of benzene rings is 2. The van der Waals surface area contributed by atoms with E-state index in [9.17, 15) is 4.79 Å². The zero-order valence-corrected chi connectivity index (χ0v) is 19.2. The average Bonchev–Trinajstić information content (AvgIpc) is 2.75. The van der Waals surface area contributed by atoms with Gasteiger partial charge in [0.25, 0.3) is 5.91 Å². The quantitative estimate of drug-likeness (QED) is 0.468. The molecule has 31 heavy (non-hydrogen) atoms. The van der Waals surface area contributed by atoms with Gasteiger partial charge in [0.05, 0.1) is 37.9 Å². The maximum atomic E-state index is 13.1. The highest BCUT2D eigenvalue weighted by atomic mass is 35.5. The summed E-state index contributed by atoms with van der Waals surface area (Å²) in [5.41, 5.74) is 4.10. The average molecular weight is 493 g/mol. The van der Waals surface area contributed by atoms with E-state index in [1.807, 2.05) is 12.1 Å². The van der Waals surface area contributed by atoms with Gasteiger partial charge >= 0.3 is 0 Å². The molecular weight excluding hydrogens is 477 g/mol. The third kappa shape index (κ3) is 3.97. The number of aromatic nitrogens is 2. The minimum Gasteiger partial charge on any atom is -0.323 e. The monoisotopic (exact) mass is 491 g/mol. The highest BCUT2D eigenvalue weighted by Crippen LogP contribution is 2.39. The van der Waals surface area contributed by atoms with Gasteiger partial charge in [0.15, 0.2) is 0 Å². The van der Waals surface area contributed by atoms with Gasteiger partial charge in [-0.15, -0.1) is 0 Å². The second-order valence-electron chi connectivity index (χ2n) is 7.14. The molecule has 0 radical (unpaired) electrons. The Labute approximate surface area is 198 Å². The van der Waals surface area contributed by atoms with Crippen LogP contribution in [0.25, 0.3) is 0 Å². The molecule has 0 spiro atoms. The third-order valence-electron chi connectivity index (χ3n) is 5.19. The van der Waals surface area contributed by atoms with E-state index in [0.29, 0.717) is 43.2 Å². The topological polar surface area (TPSA) is 70.1 Å². The molecule has 1 amide bonds. The summed E-state index contributed by atoms with van der Waals surface area (Å²) >= 11 is 20.5. The first-order valence-corrected chi connectivity index (χ1v) is 11.7.